The maximum Gasteiger partial charge on any atom is 0.242 e. The largest absolute Gasteiger partial charge is 0.350 e. The first-order valence-corrected chi connectivity index (χ1v) is 5.03. The zero-order valence-electron chi connectivity index (χ0n) is 10.2. The van der Waals surface area contributed by atoms with Crippen molar-refractivity contribution in [3.63, 3.8) is 0 Å². The highest BCUT2D eigenvalue weighted by Crippen LogP contribution is 1.97. The van der Waals surface area contributed by atoms with Gasteiger partial charge in [0.15, 0.2) is 0 Å². The molecule has 4 heteroatoms. The Bertz CT molecular complexity index is 381. The van der Waals surface area contributed by atoms with Crippen molar-refractivity contribution in [3.8, 4) is 0 Å². The summed E-state index contributed by atoms with van der Waals surface area (Å²) >= 11 is 0. The Hall–Kier alpha value is -1.84. The van der Waals surface area contributed by atoms with E-state index in [9.17, 15) is 9.59 Å². The van der Waals surface area contributed by atoms with E-state index in [4.69, 9.17) is 1.37 Å². The van der Waals surface area contributed by atoms with Gasteiger partial charge in [-0.05, 0) is 12.5 Å². The van der Waals surface area contributed by atoms with Crippen molar-refractivity contribution in [1.82, 2.24) is 10.6 Å². The fourth-order valence-electron chi connectivity index (χ4n) is 1.25. The lowest BCUT2D eigenvalue weighted by atomic mass is 10.2. The van der Waals surface area contributed by atoms with Crippen LogP contribution in [-0.4, -0.2) is 17.9 Å². The molecule has 2 amide bonds. The van der Waals surface area contributed by atoms with Gasteiger partial charge in [0.25, 0.3) is 0 Å². The van der Waals surface area contributed by atoms with Crippen molar-refractivity contribution in [1.29, 1.82) is 0 Å². The number of hydrogen-bond acceptors (Lipinski definition) is 2. The minimum absolute atomic E-state index is 0.254. The minimum atomic E-state index is -0.614. The Morgan fingerprint density at radius 3 is 2.69 bits per heavy atom. The molecule has 0 aromatic heterocycles. The van der Waals surface area contributed by atoms with E-state index in [0.717, 1.165) is 5.56 Å². The molecule has 0 spiro atoms. The highest BCUT2D eigenvalue weighted by molar-refractivity contribution is 5.86. The predicted octanol–water partition coefficient (Wildman–Crippen LogP) is 0.827. The van der Waals surface area contributed by atoms with Crippen LogP contribution >= 0.6 is 0 Å². The summed E-state index contributed by atoms with van der Waals surface area (Å²) in [6, 6.07) is 8.90. The van der Waals surface area contributed by atoms with Crippen LogP contribution in [0.3, 0.4) is 0 Å². The lowest BCUT2D eigenvalue weighted by Gasteiger charge is -2.12. The van der Waals surface area contributed by atoms with Gasteiger partial charge in [0, 0.05) is 14.8 Å². The van der Waals surface area contributed by atoms with Crippen molar-refractivity contribution in [3.05, 3.63) is 35.9 Å². The number of carbonyl (C=O) groups is 2. The molecule has 2 N–H and O–H groups in total. The monoisotopic (exact) mass is 221 g/mol. The summed E-state index contributed by atoms with van der Waals surface area (Å²) < 4.78 is 6.84. The molecule has 0 saturated carbocycles. The van der Waals surface area contributed by atoms with Gasteiger partial charge >= 0.3 is 0 Å². The quantitative estimate of drug-likeness (QED) is 0.791. The summed E-state index contributed by atoms with van der Waals surface area (Å²) in [5, 5.41) is 5.14. The molecular weight excluding hydrogens is 204 g/mol. The summed E-state index contributed by atoms with van der Waals surface area (Å²) in [5.41, 5.74) is 1.000. The zero-order valence-corrected chi connectivity index (χ0v) is 9.19. The molecule has 0 unspecified atom stereocenters. The molecule has 1 aromatic carbocycles. The van der Waals surface area contributed by atoms with Gasteiger partial charge in [-0.25, -0.2) is 0 Å². The molecule has 1 atom stereocenters. The first kappa shape index (κ1) is 10.7. The molecule has 0 heterocycles. The SMILES string of the molecule is [2H]CC(=O)N[C@@H](C)C(=O)NCc1ccccc1. The van der Waals surface area contributed by atoms with Crippen LogP contribution < -0.4 is 10.6 Å². The van der Waals surface area contributed by atoms with Crippen LogP contribution in [0, 0.1) is 0 Å². The van der Waals surface area contributed by atoms with E-state index in [-0.39, 0.29) is 12.8 Å². The third-order valence-electron chi connectivity index (χ3n) is 2.08. The second-order valence-corrected chi connectivity index (χ2v) is 3.49. The minimum Gasteiger partial charge on any atom is -0.350 e. The Morgan fingerprint density at radius 2 is 2.06 bits per heavy atom. The Balaban J connectivity index is 2.37. The van der Waals surface area contributed by atoms with Gasteiger partial charge in [-0.1, -0.05) is 30.3 Å². The molecule has 0 radical (unpaired) electrons. The molecule has 0 aliphatic heterocycles. The Kier molecular flexibility index (Phi) is 3.94. The first-order valence-electron chi connectivity index (χ1n) is 5.74. The molecule has 0 bridgehead atoms. The maximum atomic E-state index is 11.6. The lowest BCUT2D eigenvalue weighted by Crippen LogP contribution is -2.43. The van der Waals surface area contributed by atoms with E-state index in [1.807, 2.05) is 30.3 Å². The van der Waals surface area contributed by atoms with Crippen LogP contribution in [0.5, 0.6) is 0 Å². The van der Waals surface area contributed by atoms with Crippen LogP contribution in [0.4, 0.5) is 0 Å². The standard InChI is InChI=1S/C12H16N2O2/c1-9(14-10(2)15)12(16)13-8-11-6-4-3-5-7-11/h3-7,9H,8H2,1-2H3,(H,13,16)(H,14,15)/t9-/m0/s1/i2D. The number of nitrogens with one attached hydrogen (secondary N) is 2. The highest BCUT2D eigenvalue weighted by Gasteiger charge is 2.12. The predicted molar refractivity (Wildman–Crippen MR) is 61.6 cm³/mol. The second-order valence-electron chi connectivity index (χ2n) is 3.49. The topological polar surface area (TPSA) is 58.2 Å². The molecule has 86 valence electrons. The van der Waals surface area contributed by atoms with E-state index in [1.54, 1.807) is 6.92 Å². The maximum absolute atomic E-state index is 11.6. The fraction of sp³-hybridized carbons (Fsp3) is 0.333. The molecular formula is C12H16N2O2. The summed E-state index contributed by atoms with van der Waals surface area (Å²) in [7, 11) is 0. The summed E-state index contributed by atoms with van der Waals surface area (Å²) in [4.78, 5) is 22.5. The van der Waals surface area contributed by atoms with Crippen molar-refractivity contribution in [2.24, 2.45) is 0 Å². The molecule has 1 rings (SSSR count). The molecule has 0 aliphatic rings. The molecule has 16 heavy (non-hydrogen) atoms. The van der Waals surface area contributed by atoms with Crippen LogP contribution in [0.15, 0.2) is 30.3 Å². The number of hydrogen-bond donors (Lipinski definition) is 2. The molecule has 0 fully saturated rings. The molecule has 0 aliphatic carbocycles. The molecule has 4 nitrogen and oxygen atoms in total. The number of rotatable bonds is 4. The summed E-state index contributed by atoms with van der Waals surface area (Å²) in [6.45, 7) is 1.66. The van der Waals surface area contributed by atoms with Crippen molar-refractivity contribution in [2.45, 2.75) is 26.4 Å². The zero-order chi connectivity index (χ0) is 12.7. The fourth-order valence-corrected chi connectivity index (χ4v) is 1.25. The van der Waals surface area contributed by atoms with E-state index >= 15 is 0 Å². The van der Waals surface area contributed by atoms with Gasteiger partial charge in [-0.15, -0.1) is 0 Å². The third kappa shape index (κ3) is 4.13. The van der Waals surface area contributed by atoms with Crippen LogP contribution in [0.2, 0.25) is 0 Å². The van der Waals surface area contributed by atoms with Crippen molar-refractivity contribution in [2.75, 3.05) is 0 Å². The second kappa shape index (κ2) is 5.90. The van der Waals surface area contributed by atoms with Gasteiger partial charge in [0.1, 0.15) is 6.04 Å². The van der Waals surface area contributed by atoms with Gasteiger partial charge in [-0.2, -0.15) is 0 Å². The van der Waals surface area contributed by atoms with Crippen LogP contribution in [0.25, 0.3) is 0 Å². The Morgan fingerprint density at radius 1 is 1.38 bits per heavy atom. The lowest BCUT2D eigenvalue weighted by molar-refractivity contribution is -0.127. The summed E-state index contributed by atoms with van der Waals surface area (Å²) in [5.74, 6) is -0.706. The van der Waals surface area contributed by atoms with Crippen LogP contribution in [-0.2, 0) is 16.1 Å². The number of benzene rings is 1. The van der Waals surface area contributed by atoms with E-state index < -0.39 is 11.9 Å². The van der Waals surface area contributed by atoms with Gasteiger partial charge in [0.2, 0.25) is 11.8 Å². The smallest absolute Gasteiger partial charge is 0.242 e. The third-order valence-corrected chi connectivity index (χ3v) is 2.08. The number of amides is 2. The Labute approximate surface area is 96.4 Å². The molecule has 1 aromatic rings. The van der Waals surface area contributed by atoms with Crippen molar-refractivity contribution < 1.29 is 11.0 Å². The van der Waals surface area contributed by atoms with Gasteiger partial charge in [-0.3, -0.25) is 9.59 Å². The average molecular weight is 221 g/mol. The first-order chi connectivity index (χ1) is 8.13. The van der Waals surface area contributed by atoms with Crippen molar-refractivity contribution >= 4 is 11.8 Å². The highest BCUT2D eigenvalue weighted by atomic mass is 16.2. The van der Waals surface area contributed by atoms with E-state index in [2.05, 4.69) is 10.6 Å². The number of carbonyl (C=O) groups excluding carboxylic acids is 2. The van der Waals surface area contributed by atoms with Crippen LogP contribution in [0.1, 0.15) is 20.8 Å². The average Bonchev–Trinajstić information content (AvgIpc) is 2.36. The molecule has 0 saturated heterocycles. The van der Waals surface area contributed by atoms with Gasteiger partial charge < -0.3 is 10.6 Å². The van der Waals surface area contributed by atoms with E-state index in [1.165, 1.54) is 0 Å². The normalized spacial score (nSPS) is 12.4. The van der Waals surface area contributed by atoms with Gasteiger partial charge in [0.05, 0.1) is 0 Å². The summed E-state index contributed by atoms with van der Waals surface area (Å²) in [6.07, 6.45) is 0. The van der Waals surface area contributed by atoms with E-state index in [0.29, 0.717) is 6.54 Å².